The maximum absolute atomic E-state index is 12.4. The Morgan fingerprint density at radius 3 is 2.67 bits per heavy atom. The second-order valence-electron chi connectivity index (χ2n) is 5.38. The third kappa shape index (κ3) is 3.74. The summed E-state index contributed by atoms with van der Waals surface area (Å²) in [6.07, 6.45) is 4.00. The molecule has 1 heterocycles. The number of hydrogen-bond donors (Lipinski definition) is 2. The molecule has 21 heavy (non-hydrogen) atoms. The normalized spacial score (nSPS) is 19.9. The molecule has 1 unspecified atom stereocenters. The minimum Gasteiger partial charge on any atom is -0.479 e. The first kappa shape index (κ1) is 15.4. The van der Waals surface area contributed by atoms with E-state index in [0.717, 1.165) is 25.7 Å². The molecule has 2 N–H and O–H groups in total. The molecular formula is C16H22N2O3. The van der Waals surface area contributed by atoms with Gasteiger partial charge in [0.05, 0.1) is 0 Å². The third-order valence-corrected chi connectivity index (χ3v) is 4.01. The fourth-order valence-corrected chi connectivity index (χ4v) is 2.83. The van der Waals surface area contributed by atoms with Crippen molar-refractivity contribution in [3.63, 3.8) is 0 Å². The molecule has 0 aromatic heterocycles. The van der Waals surface area contributed by atoms with E-state index in [1.807, 2.05) is 6.07 Å². The summed E-state index contributed by atoms with van der Waals surface area (Å²) in [6, 6.07) is 7.72. The molecule has 1 aromatic rings. The number of urea groups is 1. The van der Waals surface area contributed by atoms with Crippen molar-refractivity contribution in [2.45, 2.75) is 44.7 Å². The van der Waals surface area contributed by atoms with Crippen molar-refractivity contribution in [3.05, 3.63) is 35.9 Å². The first-order valence-corrected chi connectivity index (χ1v) is 7.48. The molecule has 0 aliphatic carbocycles. The largest absolute Gasteiger partial charge is 0.479 e. The number of likely N-dealkylation sites (tertiary alicyclic amines) is 1. The van der Waals surface area contributed by atoms with Gasteiger partial charge in [-0.25, -0.2) is 9.59 Å². The average molecular weight is 290 g/mol. The van der Waals surface area contributed by atoms with Gasteiger partial charge in [-0.3, -0.25) is 0 Å². The Morgan fingerprint density at radius 2 is 2.05 bits per heavy atom. The highest BCUT2D eigenvalue weighted by atomic mass is 16.4. The molecule has 1 saturated heterocycles. The maximum Gasteiger partial charge on any atom is 0.330 e. The number of rotatable bonds is 4. The molecule has 5 nitrogen and oxygen atoms in total. The standard InChI is InChI=1S/C16H22N2O3/c1-2-13-10-6-7-11-18(13)16(21)17-14(15(19)20)12-8-4-3-5-9-12/h3-5,8-9,13-14H,2,6-7,10-11H2,1H3,(H,17,21)(H,19,20)/t13?,14-/m0/s1. The minimum absolute atomic E-state index is 0.212. The molecule has 1 aromatic carbocycles. The van der Waals surface area contributed by atoms with Crippen LogP contribution in [0.5, 0.6) is 0 Å². The Balaban J connectivity index is 2.10. The van der Waals surface area contributed by atoms with E-state index in [1.165, 1.54) is 0 Å². The summed E-state index contributed by atoms with van der Waals surface area (Å²) in [5.74, 6) is -1.04. The highest BCUT2D eigenvalue weighted by Crippen LogP contribution is 2.21. The zero-order chi connectivity index (χ0) is 15.2. The zero-order valence-electron chi connectivity index (χ0n) is 12.3. The van der Waals surface area contributed by atoms with Gasteiger partial charge in [-0.15, -0.1) is 0 Å². The fraction of sp³-hybridized carbons (Fsp3) is 0.500. The highest BCUT2D eigenvalue weighted by molar-refractivity contribution is 5.83. The van der Waals surface area contributed by atoms with Crippen LogP contribution in [-0.4, -0.2) is 34.6 Å². The van der Waals surface area contributed by atoms with Crippen molar-refractivity contribution in [1.82, 2.24) is 10.2 Å². The zero-order valence-corrected chi connectivity index (χ0v) is 12.3. The van der Waals surface area contributed by atoms with Crippen LogP contribution < -0.4 is 5.32 Å². The molecule has 1 fully saturated rings. The van der Waals surface area contributed by atoms with E-state index in [1.54, 1.807) is 29.2 Å². The van der Waals surface area contributed by atoms with Gasteiger partial charge in [-0.05, 0) is 31.2 Å². The molecule has 1 aliphatic heterocycles. The molecule has 0 bridgehead atoms. The van der Waals surface area contributed by atoms with Crippen molar-refractivity contribution in [2.24, 2.45) is 0 Å². The van der Waals surface area contributed by atoms with Gasteiger partial charge in [-0.1, -0.05) is 37.3 Å². The van der Waals surface area contributed by atoms with E-state index in [4.69, 9.17) is 0 Å². The van der Waals surface area contributed by atoms with E-state index in [2.05, 4.69) is 12.2 Å². The first-order valence-electron chi connectivity index (χ1n) is 7.48. The van der Waals surface area contributed by atoms with Crippen LogP contribution in [0.2, 0.25) is 0 Å². The van der Waals surface area contributed by atoms with E-state index in [0.29, 0.717) is 12.1 Å². The van der Waals surface area contributed by atoms with Crippen LogP contribution in [-0.2, 0) is 4.79 Å². The molecule has 0 saturated carbocycles. The Morgan fingerprint density at radius 1 is 1.33 bits per heavy atom. The Hall–Kier alpha value is -2.04. The van der Waals surface area contributed by atoms with Crippen LogP contribution in [0.4, 0.5) is 4.79 Å². The van der Waals surface area contributed by atoms with E-state index in [9.17, 15) is 14.7 Å². The summed E-state index contributed by atoms with van der Waals surface area (Å²) in [5.41, 5.74) is 0.586. The number of hydrogen-bond acceptors (Lipinski definition) is 2. The van der Waals surface area contributed by atoms with E-state index in [-0.39, 0.29) is 12.1 Å². The first-order chi connectivity index (χ1) is 10.1. The molecular weight excluding hydrogens is 268 g/mol. The van der Waals surface area contributed by atoms with Crippen molar-refractivity contribution >= 4 is 12.0 Å². The van der Waals surface area contributed by atoms with Gasteiger partial charge in [0, 0.05) is 12.6 Å². The van der Waals surface area contributed by atoms with Gasteiger partial charge in [0.25, 0.3) is 0 Å². The Labute approximate surface area is 125 Å². The number of carboxylic acid groups (broad SMARTS) is 1. The van der Waals surface area contributed by atoms with E-state index >= 15 is 0 Å². The number of carboxylic acids is 1. The van der Waals surface area contributed by atoms with Crippen LogP contribution in [0.3, 0.4) is 0 Å². The number of benzene rings is 1. The van der Waals surface area contributed by atoms with Crippen molar-refractivity contribution < 1.29 is 14.7 Å². The lowest BCUT2D eigenvalue weighted by molar-refractivity contribution is -0.139. The number of nitrogens with one attached hydrogen (secondary N) is 1. The van der Waals surface area contributed by atoms with Gasteiger partial charge < -0.3 is 15.3 Å². The number of carbonyl (C=O) groups excluding carboxylic acids is 1. The summed E-state index contributed by atoms with van der Waals surface area (Å²) in [5, 5.41) is 12.0. The third-order valence-electron chi connectivity index (χ3n) is 4.01. The van der Waals surface area contributed by atoms with Crippen LogP contribution >= 0.6 is 0 Å². The number of aliphatic carboxylic acids is 1. The molecule has 2 atom stereocenters. The van der Waals surface area contributed by atoms with Gasteiger partial charge >= 0.3 is 12.0 Å². The molecule has 2 rings (SSSR count). The fourth-order valence-electron chi connectivity index (χ4n) is 2.83. The lowest BCUT2D eigenvalue weighted by Gasteiger charge is -2.35. The molecule has 2 amide bonds. The van der Waals surface area contributed by atoms with Crippen molar-refractivity contribution in [1.29, 1.82) is 0 Å². The highest BCUT2D eigenvalue weighted by Gasteiger charge is 2.29. The van der Waals surface area contributed by atoms with Gasteiger partial charge in [0.2, 0.25) is 0 Å². The number of nitrogens with zero attached hydrogens (tertiary/aromatic N) is 1. The molecule has 0 radical (unpaired) electrons. The Bertz CT molecular complexity index is 490. The predicted molar refractivity (Wildman–Crippen MR) is 80.0 cm³/mol. The molecule has 114 valence electrons. The summed E-state index contributed by atoms with van der Waals surface area (Å²) in [4.78, 5) is 25.6. The summed E-state index contributed by atoms with van der Waals surface area (Å²) in [7, 11) is 0. The topological polar surface area (TPSA) is 69.6 Å². The minimum atomic E-state index is -1.04. The number of amides is 2. The van der Waals surface area contributed by atoms with Gasteiger partial charge in [0.1, 0.15) is 0 Å². The van der Waals surface area contributed by atoms with Crippen LogP contribution in [0.25, 0.3) is 0 Å². The SMILES string of the molecule is CCC1CCCCN1C(=O)N[C@H](C(=O)O)c1ccccc1. The number of carbonyl (C=O) groups is 2. The van der Waals surface area contributed by atoms with E-state index < -0.39 is 12.0 Å². The van der Waals surface area contributed by atoms with Crippen molar-refractivity contribution in [3.8, 4) is 0 Å². The summed E-state index contributed by atoms with van der Waals surface area (Å²) in [6.45, 7) is 2.76. The van der Waals surface area contributed by atoms with Crippen molar-refractivity contribution in [2.75, 3.05) is 6.54 Å². The number of piperidine rings is 1. The lowest BCUT2D eigenvalue weighted by Crippen LogP contribution is -2.50. The monoisotopic (exact) mass is 290 g/mol. The second-order valence-corrected chi connectivity index (χ2v) is 5.38. The van der Waals surface area contributed by atoms with Crippen LogP contribution in [0.1, 0.15) is 44.2 Å². The smallest absolute Gasteiger partial charge is 0.330 e. The lowest BCUT2D eigenvalue weighted by atomic mass is 10.0. The summed E-state index contributed by atoms with van der Waals surface area (Å²) < 4.78 is 0. The maximum atomic E-state index is 12.4. The van der Waals surface area contributed by atoms with Crippen LogP contribution in [0, 0.1) is 0 Å². The average Bonchev–Trinajstić information content (AvgIpc) is 2.52. The summed E-state index contributed by atoms with van der Waals surface area (Å²) >= 11 is 0. The van der Waals surface area contributed by atoms with Gasteiger partial charge in [0.15, 0.2) is 6.04 Å². The predicted octanol–water partition coefficient (Wildman–Crippen LogP) is 2.79. The molecule has 5 heteroatoms. The molecule has 1 aliphatic rings. The quantitative estimate of drug-likeness (QED) is 0.896. The van der Waals surface area contributed by atoms with Crippen LogP contribution in [0.15, 0.2) is 30.3 Å². The second kappa shape index (κ2) is 7.11. The van der Waals surface area contributed by atoms with Gasteiger partial charge in [-0.2, -0.15) is 0 Å². The molecule has 0 spiro atoms. The Kier molecular flexibility index (Phi) is 5.20.